The number of nitrogens with one attached hydrogen (secondary N) is 2. The van der Waals surface area contributed by atoms with Crippen LogP contribution in [0.5, 0.6) is 5.75 Å². The van der Waals surface area contributed by atoms with E-state index in [2.05, 4.69) is 15.8 Å². The molecule has 0 fully saturated rings. The number of ether oxygens (including phenoxy) is 1. The van der Waals surface area contributed by atoms with Gasteiger partial charge in [-0.2, -0.15) is 0 Å². The number of carbonyl (C=O) groups excluding carboxylic acids is 1. The number of nitrogens with zero attached hydrogens (tertiary/aromatic N) is 1. The Balaban J connectivity index is 1.75. The van der Waals surface area contributed by atoms with Gasteiger partial charge in [0.15, 0.2) is 0 Å². The predicted octanol–water partition coefficient (Wildman–Crippen LogP) is 3.67. The Kier molecular flexibility index (Phi) is 4.38. The zero-order valence-corrected chi connectivity index (χ0v) is 15.0. The number of hydrogen-bond acceptors (Lipinski definition) is 6. The molecule has 0 spiro atoms. The largest absolute Gasteiger partial charge is 0.508 e. The van der Waals surface area contributed by atoms with Gasteiger partial charge in [-0.05, 0) is 42.3 Å². The molecule has 6 nitrogen and oxygen atoms in total. The highest BCUT2D eigenvalue weighted by atomic mass is 32.2. The zero-order valence-electron chi connectivity index (χ0n) is 14.2. The summed E-state index contributed by atoms with van der Waals surface area (Å²) in [6.07, 6.45) is 10.2. The molecule has 2 aliphatic heterocycles. The zero-order chi connectivity index (χ0) is 18.1. The van der Waals surface area contributed by atoms with Gasteiger partial charge in [0.05, 0.1) is 30.9 Å². The highest BCUT2D eigenvalue weighted by Gasteiger charge is 2.26. The normalized spacial score (nSPS) is 16.7. The Morgan fingerprint density at radius 3 is 3.15 bits per heavy atom. The summed E-state index contributed by atoms with van der Waals surface area (Å²) in [6.45, 7) is 2.17. The average Bonchev–Trinajstić information content (AvgIpc) is 3.25. The van der Waals surface area contributed by atoms with E-state index in [1.54, 1.807) is 12.1 Å². The first-order valence-corrected chi connectivity index (χ1v) is 9.20. The van der Waals surface area contributed by atoms with Crippen molar-refractivity contribution in [1.29, 1.82) is 0 Å². The van der Waals surface area contributed by atoms with Gasteiger partial charge in [0.1, 0.15) is 5.75 Å². The van der Waals surface area contributed by atoms with E-state index < -0.39 is 0 Å². The molecule has 7 heteroatoms. The van der Waals surface area contributed by atoms with Crippen molar-refractivity contribution in [2.24, 2.45) is 0 Å². The van der Waals surface area contributed by atoms with Crippen LogP contribution in [0.3, 0.4) is 0 Å². The van der Waals surface area contributed by atoms with E-state index in [0.29, 0.717) is 6.61 Å². The van der Waals surface area contributed by atoms with Crippen LogP contribution < -0.4 is 4.72 Å². The number of rotatable bonds is 5. The quantitative estimate of drug-likeness (QED) is 0.551. The molecule has 0 saturated carbocycles. The summed E-state index contributed by atoms with van der Waals surface area (Å²) in [7, 11) is 0. The number of hydrogen-bond donors (Lipinski definition) is 3. The summed E-state index contributed by atoms with van der Waals surface area (Å²) in [4.78, 5) is 15.4. The van der Waals surface area contributed by atoms with Gasteiger partial charge in [-0.3, -0.25) is 9.10 Å². The Bertz CT molecular complexity index is 945. The molecule has 3 N–H and O–H groups in total. The van der Waals surface area contributed by atoms with Gasteiger partial charge in [0, 0.05) is 41.5 Å². The third kappa shape index (κ3) is 3.06. The summed E-state index contributed by atoms with van der Waals surface area (Å²) < 4.78 is 10.3. The topological polar surface area (TPSA) is 77.6 Å². The van der Waals surface area contributed by atoms with Gasteiger partial charge in [0.2, 0.25) is 0 Å². The van der Waals surface area contributed by atoms with Crippen molar-refractivity contribution in [1.82, 2.24) is 14.0 Å². The van der Waals surface area contributed by atoms with Gasteiger partial charge in [0.25, 0.3) is 0 Å². The van der Waals surface area contributed by atoms with Crippen molar-refractivity contribution < 1.29 is 14.6 Å². The highest BCUT2D eigenvalue weighted by molar-refractivity contribution is 7.95. The minimum absolute atomic E-state index is 0.141. The fourth-order valence-electron chi connectivity index (χ4n) is 3.29. The van der Waals surface area contributed by atoms with Crippen molar-refractivity contribution in [2.75, 3.05) is 6.61 Å². The third-order valence-electron chi connectivity index (χ3n) is 4.48. The lowest BCUT2D eigenvalue weighted by Gasteiger charge is -2.23. The molecule has 0 saturated heterocycles. The van der Waals surface area contributed by atoms with Gasteiger partial charge in [-0.1, -0.05) is 0 Å². The number of phenolic OH excluding ortho intramolecular Hbond substituents is 1. The number of aromatic hydroxyl groups is 1. The maximum atomic E-state index is 12.2. The molecule has 26 heavy (non-hydrogen) atoms. The average molecular weight is 369 g/mol. The van der Waals surface area contributed by atoms with E-state index in [-0.39, 0.29) is 24.1 Å². The number of aromatic nitrogens is 1. The van der Waals surface area contributed by atoms with E-state index in [1.165, 1.54) is 12.1 Å². The first-order chi connectivity index (χ1) is 12.7. The monoisotopic (exact) mass is 369 g/mol. The molecule has 134 valence electrons. The second-order valence-electron chi connectivity index (χ2n) is 6.10. The van der Waals surface area contributed by atoms with Crippen LogP contribution in [-0.4, -0.2) is 27.0 Å². The Morgan fingerprint density at radius 2 is 2.31 bits per heavy atom. The predicted molar refractivity (Wildman–Crippen MR) is 102 cm³/mol. The fraction of sp³-hybridized carbons (Fsp3) is 0.211. The van der Waals surface area contributed by atoms with E-state index >= 15 is 0 Å². The molecule has 0 bridgehead atoms. The van der Waals surface area contributed by atoms with Crippen molar-refractivity contribution >= 4 is 29.0 Å². The maximum Gasteiger partial charge on any atom is 0.306 e. The van der Waals surface area contributed by atoms with Gasteiger partial charge in [-0.25, -0.2) is 0 Å². The molecule has 3 heterocycles. The molecule has 0 amide bonds. The van der Waals surface area contributed by atoms with Gasteiger partial charge >= 0.3 is 5.97 Å². The number of allylic oxidation sites excluding steroid dienone is 3. The molecular formula is C19H19N3O3S. The van der Waals surface area contributed by atoms with Crippen LogP contribution in [0.1, 0.15) is 24.8 Å². The van der Waals surface area contributed by atoms with Crippen LogP contribution in [0.15, 0.2) is 60.2 Å². The van der Waals surface area contributed by atoms with Crippen LogP contribution in [0, 0.1) is 0 Å². The SMILES string of the molecule is CCOC(=O)CC(C1=CC2=CNSN2C=C1)c1c[nH]c2cc(O)ccc12. The summed E-state index contributed by atoms with van der Waals surface area (Å²) >= 11 is 1.50. The number of phenols is 1. The number of fused-ring (bicyclic) bond motifs is 2. The molecule has 2 aliphatic rings. The second kappa shape index (κ2) is 6.84. The number of esters is 1. The number of benzene rings is 1. The lowest BCUT2D eigenvalue weighted by molar-refractivity contribution is -0.143. The van der Waals surface area contributed by atoms with Gasteiger partial charge < -0.3 is 19.5 Å². The molecular weight excluding hydrogens is 350 g/mol. The van der Waals surface area contributed by atoms with Crippen LogP contribution >= 0.6 is 12.1 Å². The first kappa shape index (κ1) is 16.7. The minimum Gasteiger partial charge on any atom is -0.508 e. The maximum absolute atomic E-state index is 12.2. The highest BCUT2D eigenvalue weighted by Crippen LogP contribution is 2.39. The lowest BCUT2D eigenvalue weighted by Crippen LogP contribution is -2.15. The molecule has 1 atom stereocenters. The Hall–Kier alpha value is -2.80. The van der Waals surface area contributed by atoms with Crippen LogP contribution in [0.4, 0.5) is 0 Å². The van der Waals surface area contributed by atoms with Crippen LogP contribution in [-0.2, 0) is 9.53 Å². The first-order valence-electron chi connectivity index (χ1n) is 8.43. The van der Waals surface area contributed by atoms with Gasteiger partial charge in [-0.15, -0.1) is 0 Å². The second-order valence-corrected chi connectivity index (χ2v) is 6.91. The Labute approximate surface area is 155 Å². The fourth-order valence-corrected chi connectivity index (χ4v) is 3.91. The van der Waals surface area contributed by atoms with Crippen molar-refractivity contribution in [3.8, 4) is 5.75 Å². The lowest BCUT2D eigenvalue weighted by atomic mass is 9.86. The third-order valence-corrected chi connectivity index (χ3v) is 5.23. The molecule has 2 aromatic rings. The van der Waals surface area contributed by atoms with Crippen LogP contribution in [0.25, 0.3) is 10.9 Å². The molecule has 0 radical (unpaired) electrons. The summed E-state index contributed by atoms with van der Waals surface area (Å²) in [5.41, 5.74) is 3.93. The standard InChI is InChI=1S/C19H19N3O3S/c1-2-25-19(24)9-16(12-5-6-22-13(7-12)10-21-26-22)17-11-20-18-8-14(23)3-4-15(17)18/h3-8,10-11,16,20-21,23H,2,9H2,1H3. The number of aromatic amines is 1. The van der Waals surface area contributed by atoms with Crippen molar-refractivity contribution in [3.63, 3.8) is 0 Å². The van der Waals surface area contributed by atoms with Crippen molar-refractivity contribution in [3.05, 3.63) is 65.8 Å². The molecule has 0 aliphatic carbocycles. The molecule has 1 unspecified atom stereocenters. The molecule has 4 rings (SSSR count). The molecule has 1 aromatic carbocycles. The Morgan fingerprint density at radius 1 is 1.42 bits per heavy atom. The molecule has 1 aromatic heterocycles. The minimum atomic E-state index is -0.227. The van der Waals surface area contributed by atoms with E-state index in [4.69, 9.17) is 4.74 Å². The smallest absolute Gasteiger partial charge is 0.306 e. The van der Waals surface area contributed by atoms with E-state index in [0.717, 1.165) is 27.7 Å². The number of H-pyrrole nitrogens is 1. The summed E-state index contributed by atoms with van der Waals surface area (Å²) in [5, 5.41) is 10.7. The number of carbonyl (C=O) groups is 1. The van der Waals surface area contributed by atoms with E-state index in [1.807, 2.05) is 42.0 Å². The summed E-state index contributed by atoms with van der Waals surface area (Å²) in [5.74, 6) is -0.160. The van der Waals surface area contributed by atoms with Crippen LogP contribution in [0.2, 0.25) is 0 Å². The van der Waals surface area contributed by atoms with E-state index in [9.17, 15) is 9.90 Å². The van der Waals surface area contributed by atoms with Crippen molar-refractivity contribution in [2.45, 2.75) is 19.3 Å². The summed E-state index contributed by atoms with van der Waals surface area (Å²) in [6, 6.07) is 5.22.